The van der Waals surface area contributed by atoms with Crippen LogP contribution in [-0.2, 0) is 0 Å². The van der Waals surface area contributed by atoms with Crippen molar-refractivity contribution in [3.8, 4) is 0 Å². The lowest BCUT2D eigenvalue weighted by atomic mass is 10.2. The van der Waals surface area contributed by atoms with Crippen LogP contribution in [0.2, 0.25) is 0 Å². The van der Waals surface area contributed by atoms with Crippen LogP contribution >= 0.6 is 15.9 Å². The molecule has 1 aromatic rings. The van der Waals surface area contributed by atoms with Crippen LogP contribution in [0.1, 0.15) is 24.2 Å². The van der Waals surface area contributed by atoms with Crippen LogP contribution in [0.4, 0.5) is 4.79 Å². The Morgan fingerprint density at radius 1 is 1.19 bits per heavy atom. The fourth-order valence-corrected chi connectivity index (χ4v) is 2.82. The number of halogens is 1. The molecular formula is C14H20BrN3O3. The molecule has 0 radical (unpaired) electrons. The van der Waals surface area contributed by atoms with E-state index in [4.69, 9.17) is 4.42 Å². The first-order chi connectivity index (χ1) is 10.1. The van der Waals surface area contributed by atoms with Crippen molar-refractivity contribution < 1.29 is 14.0 Å². The lowest BCUT2D eigenvalue weighted by Gasteiger charge is -2.37. The number of furan rings is 1. The quantitative estimate of drug-likeness (QED) is 0.833. The molecule has 2 heterocycles. The van der Waals surface area contributed by atoms with E-state index >= 15 is 0 Å². The van der Waals surface area contributed by atoms with E-state index in [2.05, 4.69) is 15.9 Å². The molecule has 0 unspecified atom stereocenters. The number of amides is 3. The Kier molecular flexibility index (Phi) is 5.27. The number of nitrogens with zero attached hydrogens (tertiary/aromatic N) is 3. The van der Waals surface area contributed by atoms with Gasteiger partial charge in [-0.2, -0.15) is 0 Å². The second-order valence-electron chi connectivity index (χ2n) is 4.84. The van der Waals surface area contributed by atoms with Gasteiger partial charge in [-0.15, -0.1) is 0 Å². The molecule has 0 aliphatic carbocycles. The molecule has 0 N–H and O–H groups in total. The standard InChI is InChI=1S/C14H20BrN3O3/c1-3-16(4-2)14(20)18-8-6-17(7-9-18)13(19)11-5-10-21-12(11)15/h5,10H,3-4,6-9H2,1-2H3. The zero-order valence-electron chi connectivity index (χ0n) is 12.3. The van der Waals surface area contributed by atoms with Gasteiger partial charge < -0.3 is 19.1 Å². The predicted molar refractivity (Wildman–Crippen MR) is 82.2 cm³/mol. The zero-order valence-corrected chi connectivity index (χ0v) is 13.9. The highest BCUT2D eigenvalue weighted by Crippen LogP contribution is 2.20. The molecule has 1 fully saturated rings. The molecule has 0 saturated carbocycles. The summed E-state index contributed by atoms with van der Waals surface area (Å²) in [7, 11) is 0. The molecule has 0 bridgehead atoms. The summed E-state index contributed by atoms with van der Waals surface area (Å²) in [6.07, 6.45) is 1.48. The molecule has 1 saturated heterocycles. The minimum Gasteiger partial charge on any atom is -0.457 e. The summed E-state index contributed by atoms with van der Waals surface area (Å²) in [5.74, 6) is -0.0643. The van der Waals surface area contributed by atoms with Gasteiger partial charge in [-0.1, -0.05) is 0 Å². The van der Waals surface area contributed by atoms with Gasteiger partial charge in [0.2, 0.25) is 0 Å². The van der Waals surface area contributed by atoms with Crippen molar-refractivity contribution in [3.63, 3.8) is 0 Å². The third-order valence-electron chi connectivity index (χ3n) is 3.72. The zero-order chi connectivity index (χ0) is 15.4. The predicted octanol–water partition coefficient (Wildman–Crippen LogP) is 2.26. The van der Waals surface area contributed by atoms with Gasteiger partial charge in [0.25, 0.3) is 5.91 Å². The average Bonchev–Trinajstić information content (AvgIpc) is 2.94. The normalized spacial score (nSPS) is 15.2. The van der Waals surface area contributed by atoms with E-state index in [0.717, 1.165) is 0 Å². The highest BCUT2D eigenvalue weighted by molar-refractivity contribution is 9.10. The maximum atomic E-state index is 12.3. The number of urea groups is 1. The van der Waals surface area contributed by atoms with Gasteiger partial charge in [0.1, 0.15) is 0 Å². The number of carbonyl (C=O) groups excluding carboxylic acids is 2. The molecule has 6 nitrogen and oxygen atoms in total. The highest BCUT2D eigenvalue weighted by Gasteiger charge is 2.28. The fraction of sp³-hybridized carbons (Fsp3) is 0.571. The van der Waals surface area contributed by atoms with Gasteiger partial charge in [-0.05, 0) is 35.8 Å². The Morgan fingerprint density at radius 2 is 1.76 bits per heavy atom. The largest absolute Gasteiger partial charge is 0.457 e. The van der Waals surface area contributed by atoms with Crippen LogP contribution in [0.3, 0.4) is 0 Å². The van der Waals surface area contributed by atoms with Gasteiger partial charge in [0.05, 0.1) is 11.8 Å². The first-order valence-corrected chi connectivity index (χ1v) is 7.93. The molecular weight excluding hydrogens is 338 g/mol. The van der Waals surface area contributed by atoms with E-state index in [1.54, 1.807) is 20.8 Å². The maximum Gasteiger partial charge on any atom is 0.320 e. The van der Waals surface area contributed by atoms with Crippen LogP contribution in [0.25, 0.3) is 0 Å². The smallest absolute Gasteiger partial charge is 0.320 e. The molecule has 0 atom stereocenters. The SMILES string of the molecule is CCN(CC)C(=O)N1CCN(C(=O)c2ccoc2Br)CC1. The Morgan fingerprint density at radius 3 is 2.24 bits per heavy atom. The molecule has 0 aromatic carbocycles. The van der Waals surface area contributed by atoms with Gasteiger partial charge in [0.15, 0.2) is 4.67 Å². The molecule has 7 heteroatoms. The van der Waals surface area contributed by atoms with Crippen LogP contribution in [0.5, 0.6) is 0 Å². The number of carbonyl (C=O) groups is 2. The molecule has 21 heavy (non-hydrogen) atoms. The van der Waals surface area contributed by atoms with Gasteiger partial charge in [-0.3, -0.25) is 4.79 Å². The van der Waals surface area contributed by atoms with Crippen molar-refractivity contribution in [2.75, 3.05) is 39.3 Å². The molecule has 1 aliphatic rings. The molecule has 1 aliphatic heterocycles. The summed E-state index contributed by atoms with van der Waals surface area (Å²) >= 11 is 3.22. The monoisotopic (exact) mass is 357 g/mol. The van der Waals surface area contributed by atoms with Crippen molar-refractivity contribution in [2.24, 2.45) is 0 Å². The second-order valence-corrected chi connectivity index (χ2v) is 5.56. The summed E-state index contributed by atoms with van der Waals surface area (Å²) in [6, 6.07) is 1.71. The minimum absolute atomic E-state index is 0.0524. The third kappa shape index (κ3) is 3.40. The maximum absolute atomic E-state index is 12.3. The van der Waals surface area contributed by atoms with E-state index < -0.39 is 0 Å². The average molecular weight is 358 g/mol. The van der Waals surface area contributed by atoms with E-state index in [1.807, 2.05) is 13.8 Å². The van der Waals surface area contributed by atoms with Crippen molar-refractivity contribution in [1.29, 1.82) is 0 Å². The highest BCUT2D eigenvalue weighted by atomic mass is 79.9. The van der Waals surface area contributed by atoms with Crippen molar-refractivity contribution in [3.05, 3.63) is 22.6 Å². The summed E-state index contributed by atoms with van der Waals surface area (Å²) in [4.78, 5) is 29.9. The first-order valence-electron chi connectivity index (χ1n) is 7.14. The number of piperazine rings is 1. The Bertz CT molecular complexity index is 505. The Labute approximate surface area is 132 Å². The summed E-state index contributed by atoms with van der Waals surface area (Å²) in [5, 5.41) is 0. The molecule has 0 spiro atoms. The molecule has 2 rings (SSSR count). The summed E-state index contributed by atoms with van der Waals surface area (Å²) < 4.78 is 5.55. The number of rotatable bonds is 3. The fourth-order valence-electron chi connectivity index (χ4n) is 2.41. The van der Waals surface area contributed by atoms with Gasteiger partial charge >= 0.3 is 6.03 Å². The van der Waals surface area contributed by atoms with E-state index in [9.17, 15) is 9.59 Å². The van der Waals surface area contributed by atoms with E-state index in [1.165, 1.54) is 6.26 Å². The summed E-state index contributed by atoms with van der Waals surface area (Å²) in [6.45, 7) is 7.57. The van der Waals surface area contributed by atoms with Crippen molar-refractivity contribution in [1.82, 2.24) is 14.7 Å². The van der Waals surface area contributed by atoms with Crippen LogP contribution < -0.4 is 0 Å². The number of hydrogen-bond donors (Lipinski definition) is 0. The van der Waals surface area contributed by atoms with Crippen molar-refractivity contribution >= 4 is 27.9 Å². The van der Waals surface area contributed by atoms with Crippen LogP contribution in [-0.4, -0.2) is 65.9 Å². The first kappa shape index (κ1) is 15.9. The Hall–Kier alpha value is -1.50. The molecule has 1 aromatic heterocycles. The van der Waals surface area contributed by atoms with Crippen molar-refractivity contribution in [2.45, 2.75) is 13.8 Å². The van der Waals surface area contributed by atoms with E-state index in [0.29, 0.717) is 49.5 Å². The third-order valence-corrected chi connectivity index (χ3v) is 4.33. The van der Waals surface area contributed by atoms with Gasteiger partial charge in [0, 0.05) is 39.3 Å². The topological polar surface area (TPSA) is 57.0 Å². The lowest BCUT2D eigenvalue weighted by molar-refractivity contribution is 0.0639. The number of hydrogen-bond acceptors (Lipinski definition) is 3. The minimum atomic E-state index is -0.0643. The van der Waals surface area contributed by atoms with Crippen LogP contribution in [0.15, 0.2) is 21.4 Å². The molecule has 116 valence electrons. The summed E-state index contributed by atoms with van der Waals surface area (Å²) in [5.41, 5.74) is 0.526. The Balaban J connectivity index is 1.93. The van der Waals surface area contributed by atoms with Gasteiger partial charge in [-0.25, -0.2) is 4.79 Å². The van der Waals surface area contributed by atoms with E-state index in [-0.39, 0.29) is 11.9 Å². The lowest BCUT2D eigenvalue weighted by Crippen LogP contribution is -2.54. The second kappa shape index (κ2) is 6.98. The molecule has 3 amide bonds. The van der Waals surface area contributed by atoms with Crippen LogP contribution in [0, 0.1) is 0 Å².